The first-order chi connectivity index (χ1) is 10.2. The number of rotatable bonds is 2. The normalized spacial score (nSPS) is 18.8. The van der Waals surface area contributed by atoms with E-state index in [1.807, 2.05) is 43.1 Å². The highest BCUT2D eigenvalue weighted by molar-refractivity contribution is 6.09. The van der Waals surface area contributed by atoms with Crippen molar-refractivity contribution in [2.75, 3.05) is 32.1 Å². The maximum Gasteiger partial charge on any atom is 0.256 e. The third-order valence-electron chi connectivity index (χ3n) is 3.79. The first-order valence-electron chi connectivity index (χ1n) is 7.17. The van der Waals surface area contributed by atoms with Crippen LogP contribution in [0, 0.1) is 0 Å². The van der Waals surface area contributed by atoms with E-state index in [1.54, 1.807) is 6.20 Å². The number of nitrogens with zero attached hydrogens (tertiary/aromatic N) is 2. The zero-order valence-electron chi connectivity index (χ0n) is 12.3. The number of nitrogens with one attached hydrogen (secondary N) is 1. The van der Waals surface area contributed by atoms with Crippen LogP contribution in [0.3, 0.4) is 0 Å². The lowest BCUT2D eigenvalue weighted by Crippen LogP contribution is -2.44. The van der Waals surface area contributed by atoms with Crippen LogP contribution in [0.4, 0.5) is 5.82 Å². The molecule has 1 atom stereocenters. The second-order valence-electron chi connectivity index (χ2n) is 5.25. The van der Waals surface area contributed by atoms with Crippen LogP contribution in [-0.4, -0.2) is 48.6 Å². The van der Waals surface area contributed by atoms with Crippen molar-refractivity contribution in [3.05, 3.63) is 36.0 Å². The third kappa shape index (κ3) is 2.56. The fourth-order valence-corrected chi connectivity index (χ4v) is 2.74. The van der Waals surface area contributed by atoms with Crippen molar-refractivity contribution in [3.8, 4) is 0 Å². The SMILES string of the molecule is CNc1ncc(C(=O)N2CCOC(C)C2)c2ccccc12. The summed E-state index contributed by atoms with van der Waals surface area (Å²) in [5.74, 6) is 0.814. The van der Waals surface area contributed by atoms with Gasteiger partial charge in [0.15, 0.2) is 0 Å². The molecule has 1 aliphatic heterocycles. The Morgan fingerprint density at radius 2 is 2.14 bits per heavy atom. The molecule has 1 aromatic carbocycles. The Morgan fingerprint density at radius 1 is 1.38 bits per heavy atom. The van der Waals surface area contributed by atoms with Crippen LogP contribution in [0.5, 0.6) is 0 Å². The molecule has 5 heteroatoms. The summed E-state index contributed by atoms with van der Waals surface area (Å²) < 4.78 is 5.50. The van der Waals surface area contributed by atoms with Crippen LogP contribution in [-0.2, 0) is 4.74 Å². The molecular formula is C16H19N3O2. The lowest BCUT2D eigenvalue weighted by Gasteiger charge is -2.31. The van der Waals surface area contributed by atoms with Gasteiger partial charge in [-0.15, -0.1) is 0 Å². The second-order valence-corrected chi connectivity index (χ2v) is 5.25. The minimum Gasteiger partial charge on any atom is -0.375 e. The smallest absolute Gasteiger partial charge is 0.256 e. The van der Waals surface area contributed by atoms with E-state index in [0.717, 1.165) is 16.6 Å². The number of ether oxygens (including phenoxy) is 1. The third-order valence-corrected chi connectivity index (χ3v) is 3.79. The van der Waals surface area contributed by atoms with Gasteiger partial charge in [0.05, 0.1) is 18.3 Å². The zero-order valence-corrected chi connectivity index (χ0v) is 12.3. The van der Waals surface area contributed by atoms with Crippen LogP contribution < -0.4 is 5.32 Å². The van der Waals surface area contributed by atoms with Gasteiger partial charge in [-0.3, -0.25) is 4.79 Å². The van der Waals surface area contributed by atoms with Crippen molar-refractivity contribution in [3.63, 3.8) is 0 Å². The summed E-state index contributed by atoms with van der Waals surface area (Å²) in [6.45, 7) is 3.83. The molecule has 0 saturated carbocycles. The number of anilines is 1. The summed E-state index contributed by atoms with van der Waals surface area (Å²) in [6.07, 6.45) is 1.75. The summed E-state index contributed by atoms with van der Waals surface area (Å²) in [5.41, 5.74) is 0.652. The molecular weight excluding hydrogens is 266 g/mol. The van der Waals surface area contributed by atoms with E-state index < -0.39 is 0 Å². The Bertz CT molecular complexity index is 672. The van der Waals surface area contributed by atoms with Gasteiger partial charge in [-0.1, -0.05) is 24.3 Å². The van der Waals surface area contributed by atoms with Crippen LogP contribution in [0.15, 0.2) is 30.5 Å². The molecule has 0 aliphatic carbocycles. The van der Waals surface area contributed by atoms with Gasteiger partial charge >= 0.3 is 0 Å². The first kappa shape index (κ1) is 13.8. The summed E-state index contributed by atoms with van der Waals surface area (Å²) in [5, 5.41) is 4.96. The first-order valence-corrected chi connectivity index (χ1v) is 7.17. The molecule has 5 nitrogen and oxygen atoms in total. The van der Waals surface area contributed by atoms with Gasteiger partial charge in [0.1, 0.15) is 5.82 Å². The van der Waals surface area contributed by atoms with Gasteiger partial charge in [-0.25, -0.2) is 4.98 Å². The van der Waals surface area contributed by atoms with Gasteiger partial charge in [0.2, 0.25) is 0 Å². The van der Waals surface area contributed by atoms with E-state index in [-0.39, 0.29) is 12.0 Å². The van der Waals surface area contributed by atoms with Crippen LogP contribution >= 0.6 is 0 Å². The summed E-state index contributed by atoms with van der Waals surface area (Å²) in [7, 11) is 1.83. The molecule has 2 aromatic rings. The van der Waals surface area contributed by atoms with Crippen molar-refractivity contribution >= 4 is 22.5 Å². The molecule has 3 rings (SSSR count). The van der Waals surface area contributed by atoms with E-state index in [1.165, 1.54) is 0 Å². The highest BCUT2D eigenvalue weighted by Crippen LogP contribution is 2.25. The van der Waals surface area contributed by atoms with Crippen LogP contribution in [0.25, 0.3) is 10.8 Å². The summed E-state index contributed by atoms with van der Waals surface area (Å²) >= 11 is 0. The van der Waals surface area contributed by atoms with Crippen molar-refractivity contribution < 1.29 is 9.53 Å². The number of carbonyl (C=O) groups excluding carboxylic acids is 1. The lowest BCUT2D eigenvalue weighted by molar-refractivity contribution is -0.0123. The van der Waals surface area contributed by atoms with E-state index in [9.17, 15) is 4.79 Å². The molecule has 110 valence electrons. The Hall–Kier alpha value is -2.14. The molecule has 0 bridgehead atoms. The Balaban J connectivity index is 2.02. The molecule has 2 heterocycles. The van der Waals surface area contributed by atoms with E-state index in [2.05, 4.69) is 10.3 Å². The number of hydrogen-bond donors (Lipinski definition) is 1. The predicted octanol–water partition coefficient (Wildman–Crippen LogP) is 2.14. The summed E-state index contributed by atoms with van der Waals surface area (Å²) in [6, 6.07) is 7.85. The molecule has 0 spiro atoms. The minimum atomic E-state index is 0.0245. The van der Waals surface area contributed by atoms with Crippen molar-refractivity contribution in [1.29, 1.82) is 0 Å². The average Bonchev–Trinajstić information content (AvgIpc) is 2.53. The molecule has 0 radical (unpaired) electrons. The fourth-order valence-electron chi connectivity index (χ4n) is 2.74. The van der Waals surface area contributed by atoms with Gasteiger partial charge in [0.25, 0.3) is 5.91 Å². The van der Waals surface area contributed by atoms with E-state index in [4.69, 9.17) is 4.74 Å². The zero-order chi connectivity index (χ0) is 14.8. The Labute approximate surface area is 123 Å². The number of hydrogen-bond acceptors (Lipinski definition) is 4. The standard InChI is InChI=1S/C16H19N3O2/c1-11-10-19(7-8-21-11)16(20)14-9-18-15(17-2)13-6-4-3-5-12(13)14/h3-6,9,11H,7-8,10H2,1-2H3,(H,17,18). The van der Waals surface area contributed by atoms with Gasteiger partial charge < -0.3 is 15.0 Å². The monoisotopic (exact) mass is 285 g/mol. The Morgan fingerprint density at radius 3 is 2.86 bits per heavy atom. The lowest BCUT2D eigenvalue weighted by atomic mass is 10.1. The van der Waals surface area contributed by atoms with Crippen molar-refractivity contribution in [2.45, 2.75) is 13.0 Å². The predicted molar refractivity (Wildman–Crippen MR) is 82.6 cm³/mol. The highest BCUT2D eigenvalue weighted by Gasteiger charge is 2.24. The molecule has 1 saturated heterocycles. The van der Waals surface area contributed by atoms with Crippen LogP contribution in [0.2, 0.25) is 0 Å². The number of carbonyl (C=O) groups is 1. The van der Waals surface area contributed by atoms with Gasteiger partial charge in [-0.2, -0.15) is 0 Å². The topological polar surface area (TPSA) is 54.5 Å². The number of benzene rings is 1. The average molecular weight is 285 g/mol. The molecule has 1 aromatic heterocycles. The summed E-state index contributed by atoms with van der Waals surface area (Å²) in [4.78, 5) is 19.0. The molecule has 1 amide bonds. The van der Waals surface area contributed by atoms with Gasteiger partial charge in [0, 0.05) is 31.7 Å². The molecule has 1 aliphatic rings. The minimum absolute atomic E-state index is 0.0245. The van der Waals surface area contributed by atoms with Crippen molar-refractivity contribution in [2.24, 2.45) is 0 Å². The number of pyridine rings is 1. The quantitative estimate of drug-likeness (QED) is 0.918. The molecule has 1 N–H and O–H groups in total. The largest absolute Gasteiger partial charge is 0.375 e. The second kappa shape index (κ2) is 5.69. The number of aromatic nitrogens is 1. The highest BCUT2D eigenvalue weighted by atomic mass is 16.5. The van der Waals surface area contributed by atoms with E-state index in [0.29, 0.717) is 25.3 Å². The van der Waals surface area contributed by atoms with Crippen molar-refractivity contribution in [1.82, 2.24) is 9.88 Å². The molecule has 1 unspecified atom stereocenters. The molecule has 1 fully saturated rings. The van der Waals surface area contributed by atoms with Crippen LogP contribution in [0.1, 0.15) is 17.3 Å². The number of fused-ring (bicyclic) bond motifs is 1. The maximum atomic E-state index is 12.8. The number of amides is 1. The fraction of sp³-hybridized carbons (Fsp3) is 0.375. The van der Waals surface area contributed by atoms with E-state index >= 15 is 0 Å². The maximum absolute atomic E-state index is 12.8. The van der Waals surface area contributed by atoms with Gasteiger partial charge in [-0.05, 0) is 12.3 Å². The molecule has 21 heavy (non-hydrogen) atoms. The number of morpholine rings is 1. The Kier molecular flexibility index (Phi) is 3.75.